The van der Waals surface area contributed by atoms with Crippen LogP contribution in [0.15, 0.2) is 30.6 Å². The number of aryl methyl sites for hydroxylation is 1. The van der Waals surface area contributed by atoms with Gasteiger partial charge in [-0.05, 0) is 55.7 Å². The predicted octanol–water partition coefficient (Wildman–Crippen LogP) is 3.90. The number of terminal acetylenes is 1. The molecule has 2 aliphatic rings. The van der Waals surface area contributed by atoms with E-state index in [0.29, 0.717) is 24.7 Å². The first-order chi connectivity index (χ1) is 18.5. The van der Waals surface area contributed by atoms with Gasteiger partial charge in [0.2, 0.25) is 5.91 Å². The van der Waals surface area contributed by atoms with E-state index in [1.165, 1.54) is 11.9 Å². The first kappa shape index (κ1) is 24.2. The lowest BCUT2D eigenvalue weighted by atomic mass is 9.84. The van der Waals surface area contributed by atoms with E-state index in [9.17, 15) is 4.79 Å². The van der Waals surface area contributed by atoms with E-state index in [-0.39, 0.29) is 17.9 Å². The maximum Gasteiger partial charge on any atom is 0.226 e. The highest BCUT2D eigenvalue weighted by Crippen LogP contribution is 2.43. The van der Waals surface area contributed by atoms with Crippen LogP contribution in [0.3, 0.4) is 0 Å². The maximum atomic E-state index is 13.4. The minimum Gasteiger partial charge on any atom is -0.383 e. The normalized spacial score (nSPS) is 19.7. The monoisotopic (exact) mass is 509 g/mol. The highest BCUT2D eigenvalue weighted by atomic mass is 16.5. The zero-order valence-corrected chi connectivity index (χ0v) is 21.7. The first-order valence-electron chi connectivity index (χ1n) is 13.0. The topological polar surface area (TPSA) is 115 Å². The van der Waals surface area contributed by atoms with Crippen LogP contribution in [-0.4, -0.2) is 61.6 Å². The van der Waals surface area contributed by atoms with Crippen LogP contribution in [0.1, 0.15) is 43.5 Å². The third-order valence-electron chi connectivity index (χ3n) is 7.99. The van der Waals surface area contributed by atoms with Crippen LogP contribution in [0.25, 0.3) is 38.9 Å². The molecule has 0 bridgehead atoms. The van der Waals surface area contributed by atoms with Gasteiger partial charge >= 0.3 is 0 Å². The molecule has 38 heavy (non-hydrogen) atoms. The Balaban J connectivity index is 1.40. The molecule has 0 saturated carbocycles. The largest absolute Gasteiger partial charge is 0.383 e. The van der Waals surface area contributed by atoms with Crippen molar-refractivity contribution in [2.45, 2.75) is 38.1 Å². The fourth-order valence-electron chi connectivity index (χ4n) is 6.16. The Morgan fingerprint density at radius 2 is 2.18 bits per heavy atom. The molecule has 3 N–H and O–H groups in total. The molecule has 1 aliphatic carbocycles. The Kier molecular flexibility index (Phi) is 6.12. The Hall–Kier alpha value is -4.16. The van der Waals surface area contributed by atoms with Gasteiger partial charge in [0.05, 0.1) is 34.8 Å². The Bertz CT molecular complexity index is 1620. The molecule has 1 fully saturated rings. The van der Waals surface area contributed by atoms with Crippen LogP contribution in [0.2, 0.25) is 0 Å². The number of imidazole rings is 1. The molecule has 9 heteroatoms. The van der Waals surface area contributed by atoms with Crippen LogP contribution < -0.4 is 5.73 Å². The number of nitrogens with one attached hydrogen (secondary N) is 1. The third-order valence-corrected chi connectivity index (χ3v) is 7.99. The van der Waals surface area contributed by atoms with Crippen LogP contribution in [0.4, 0.5) is 5.82 Å². The van der Waals surface area contributed by atoms with Crippen molar-refractivity contribution in [3.8, 4) is 23.6 Å². The van der Waals surface area contributed by atoms with Crippen LogP contribution in [0, 0.1) is 18.3 Å². The number of rotatable bonds is 5. The van der Waals surface area contributed by atoms with E-state index < -0.39 is 0 Å². The molecule has 1 saturated heterocycles. The van der Waals surface area contributed by atoms with Crippen molar-refractivity contribution in [1.82, 2.24) is 29.4 Å². The summed E-state index contributed by atoms with van der Waals surface area (Å²) >= 11 is 0. The van der Waals surface area contributed by atoms with Gasteiger partial charge in [-0.25, -0.2) is 15.0 Å². The minimum atomic E-state index is -0.0215. The molecule has 6 rings (SSSR count). The van der Waals surface area contributed by atoms with E-state index >= 15 is 0 Å². The summed E-state index contributed by atoms with van der Waals surface area (Å²) in [6, 6.07) is 6.26. The number of carbonyl (C=O) groups excluding carboxylic acids is 1. The van der Waals surface area contributed by atoms with Gasteiger partial charge in [0.15, 0.2) is 5.82 Å². The number of nitrogen functional groups attached to an aromatic ring is 1. The van der Waals surface area contributed by atoms with Gasteiger partial charge in [-0.2, -0.15) is 0 Å². The lowest BCUT2D eigenvalue weighted by molar-refractivity contribution is -0.137. The second-order valence-corrected chi connectivity index (χ2v) is 10.2. The number of carbonyl (C=O) groups is 1. The molecule has 1 aliphatic heterocycles. The number of hydrogen-bond donors (Lipinski definition) is 2. The molecular formula is C29H31N7O2. The number of hydrogen-bond acceptors (Lipinski definition) is 6. The molecule has 9 nitrogen and oxygen atoms in total. The highest BCUT2D eigenvalue weighted by Gasteiger charge is 2.34. The number of likely N-dealkylation sites (tertiary alicyclic amines) is 1. The number of fused-ring (bicyclic) bond motifs is 2. The van der Waals surface area contributed by atoms with Crippen molar-refractivity contribution < 1.29 is 9.53 Å². The Labute approximate surface area is 221 Å². The molecule has 0 spiro atoms. The van der Waals surface area contributed by atoms with Gasteiger partial charge in [-0.1, -0.05) is 12.1 Å². The summed E-state index contributed by atoms with van der Waals surface area (Å²) < 4.78 is 7.43. The van der Waals surface area contributed by atoms with Crippen molar-refractivity contribution in [2.24, 2.45) is 13.0 Å². The van der Waals surface area contributed by atoms with Crippen molar-refractivity contribution >= 4 is 39.4 Å². The number of aromatic nitrogens is 5. The molecule has 0 unspecified atom stereocenters. The summed E-state index contributed by atoms with van der Waals surface area (Å²) in [5.74, 6) is 3.74. The van der Waals surface area contributed by atoms with Crippen LogP contribution in [0.5, 0.6) is 0 Å². The standard InChI is InChI=1S/C29H31N7O2/c1-4-23-33-21-12-11-19(14-22(21)34-23)26-24(25-27(30)31-16-32-28(25)35(26)2)17-7-9-18(10-8-17)29(37)36-13-5-6-20(36)15-38-3/h1,7,11-12,14,16,18,20H,5-6,8-10,13,15H2,2-3H3,(H,33,34)(H2,30,31,32)/t18-,20-/m0/s1. The number of amides is 1. The number of H-pyrrole nitrogens is 1. The summed E-state index contributed by atoms with van der Waals surface area (Å²) in [5.41, 5.74) is 13.1. The first-order valence-corrected chi connectivity index (χ1v) is 13.0. The second-order valence-electron chi connectivity index (χ2n) is 10.2. The van der Waals surface area contributed by atoms with Gasteiger partial charge in [-0.3, -0.25) is 4.79 Å². The second kappa shape index (κ2) is 9.62. The number of aromatic amines is 1. The SMILES string of the molecule is C#Cc1nc2ccc(-c3c(C4=CC[C@H](C(=O)N5CCC[C@H]5COC)CC4)c4c(N)ncnc4n3C)cc2[nH]1. The highest BCUT2D eigenvalue weighted by molar-refractivity contribution is 6.05. The quantitative estimate of drug-likeness (QED) is 0.395. The zero-order valence-electron chi connectivity index (χ0n) is 21.7. The van der Waals surface area contributed by atoms with Gasteiger partial charge in [0, 0.05) is 37.7 Å². The number of benzene rings is 1. The van der Waals surface area contributed by atoms with Crippen molar-refractivity contribution in [3.05, 3.63) is 42.0 Å². The van der Waals surface area contributed by atoms with E-state index in [4.69, 9.17) is 16.9 Å². The third kappa shape index (κ3) is 3.92. The number of nitrogens with zero attached hydrogens (tertiary/aromatic N) is 5. The van der Waals surface area contributed by atoms with Gasteiger partial charge in [-0.15, -0.1) is 6.42 Å². The Morgan fingerprint density at radius 3 is 2.95 bits per heavy atom. The predicted molar refractivity (Wildman–Crippen MR) is 148 cm³/mol. The summed E-state index contributed by atoms with van der Waals surface area (Å²) in [4.78, 5) is 32.0. The number of allylic oxidation sites excluding steroid dienone is 2. The molecule has 1 aromatic carbocycles. The molecule has 3 aromatic heterocycles. The van der Waals surface area contributed by atoms with Crippen LogP contribution in [-0.2, 0) is 16.6 Å². The molecule has 2 atom stereocenters. The molecule has 4 aromatic rings. The summed E-state index contributed by atoms with van der Waals surface area (Å²) in [5, 5.41) is 0.842. The van der Waals surface area contributed by atoms with E-state index in [2.05, 4.69) is 42.6 Å². The van der Waals surface area contributed by atoms with Gasteiger partial charge in [0.25, 0.3) is 0 Å². The smallest absolute Gasteiger partial charge is 0.226 e. The average molecular weight is 510 g/mol. The van der Waals surface area contributed by atoms with Crippen molar-refractivity contribution in [2.75, 3.05) is 26.0 Å². The molecule has 1 amide bonds. The molecular weight excluding hydrogens is 478 g/mol. The molecule has 194 valence electrons. The molecule has 4 heterocycles. The van der Waals surface area contributed by atoms with Crippen molar-refractivity contribution in [1.29, 1.82) is 0 Å². The number of ether oxygens (including phenoxy) is 1. The maximum absolute atomic E-state index is 13.4. The van der Waals surface area contributed by atoms with Gasteiger partial charge in [0.1, 0.15) is 17.8 Å². The number of anilines is 1. The lowest BCUT2D eigenvalue weighted by Gasteiger charge is -2.30. The lowest BCUT2D eigenvalue weighted by Crippen LogP contribution is -2.42. The van der Waals surface area contributed by atoms with Crippen LogP contribution >= 0.6 is 0 Å². The Morgan fingerprint density at radius 1 is 1.32 bits per heavy atom. The summed E-state index contributed by atoms with van der Waals surface area (Å²) in [6.07, 6.45) is 13.6. The average Bonchev–Trinajstić information content (AvgIpc) is 3.64. The van der Waals surface area contributed by atoms with E-state index in [0.717, 1.165) is 71.1 Å². The summed E-state index contributed by atoms with van der Waals surface area (Å²) in [7, 11) is 3.70. The summed E-state index contributed by atoms with van der Waals surface area (Å²) in [6.45, 7) is 1.42. The van der Waals surface area contributed by atoms with Crippen molar-refractivity contribution in [3.63, 3.8) is 0 Å². The zero-order chi connectivity index (χ0) is 26.4. The van der Waals surface area contributed by atoms with Gasteiger partial charge < -0.3 is 24.9 Å². The number of methoxy groups -OCH3 is 1. The van der Waals surface area contributed by atoms with E-state index in [1.54, 1.807) is 7.11 Å². The number of nitrogens with two attached hydrogens (primary N) is 1. The fourth-order valence-corrected chi connectivity index (χ4v) is 6.16. The van der Waals surface area contributed by atoms with E-state index in [1.807, 2.05) is 24.1 Å². The molecule has 0 radical (unpaired) electrons. The minimum absolute atomic E-state index is 0.0215. The fraction of sp³-hybridized carbons (Fsp3) is 0.379.